The molecule has 0 aromatic carbocycles. The topological polar surface area (TPSA) is 148 Å². The third kappa shape index (κ3) is 5.37. The minimum absolute atomic E-state index is 0.0143. The van der Waals surface area contributed by atoms with Crippen LogP contribution < -0.4 is 32.4 Å². The van der Waals surface area contributed by atoms with Gasteiger partial charge in [0.25, 0.3) is 5.91 Å². The third-order valence-corrected chi connectivity index (χ3v) is 10.3. The Balaban J connectivity index is 1.34. The monoisotopic (exact) mass is 583 g/mol. The largest absolute Gasteiger partial charge is 0.379 e. The number of amides is 1. The molecule has 1 saturated carbocycles. The smallest absolute Gasteiger partial charge is 0.269 e. The third-order valence-electron chi connectivity index (χ3n) is 7.13. The molecule has 0 spiro atoms. The number of ether oxygens (including phenoxy) is 1. The van der Waals surface area contributed by atoms with Crippen LogP contribution in [0.4, 0.5) is 22.1 Å². The van der Waals surface area contributed by atoms with Gasteiger partial charge in [-0.15, -0.1) is 22.7 Å². The number of nitrogens with zero attached hydrogens (tertiary/aromatic N) is 3. The lowest BCUT2D eigenvalue weighted by Crippen LogP contribution is -2.42. The molecule has 2 aliphatic rings. The van der Waals surface area contributed by atoms with Crippen LogP contribution in [0.25, 0.3) is 19.8 Å². The zero-order valence-electron chi connectivity index (χ0n) is 21.1. The highest BCUT2D eigenvalue weighted by molar-refractivity contribution is 7.29. The lowest BCUT2D eigenvalue weighted by molar-refractivity contribution is 0.0996. The summed E-state index contributed by atoms with van der Waals surface area (Å²) >= 11 is 4.38. The number of fused-ring (bicyclic) bond motifs is 1. The molecule has 4 aromatic heterocycles. The van der Waals surface area contributed by atoms with Gasteiger partial charge in [0.15, 0.2) is 11.1 Å². The Morgan fingerprint density at radius 2 is 1.92 bits per heavy atom. The van der Waals surface area contributed by atoms with Crippen molar-refractivity contribution in [3.8, 4) is 10.4 Å². The summed E-state index contributed by atoms with van der Waals surface area (Å²) in [5.74, 6) is -0.627. The van der Waals surface area contributed by atoms with Crippen LogP contribution in [0.2, 0.25) is 0 Å². The molecule has 5 heterocycles. The average molecular weight is 584 g/mol. The molecular formula is C26H29N7O3S3. The maximum absolute atomic E-state index is 13.0. The number of primary amides is 1. The Bertz CT molecular complexity index is 1560. The average Bonchev–Trinajstić information content (AvgIpc) is 3.57. The van der Waals surface area contributed by atoms with E-state index in [-0.39, 0.29) is 23.2 Å². The number of nitrogens with two attached hydrogens (primary N) is 2. The van der Waals surface area contributed by atoms with Gasteiger partial charge in [-0.05, 0) is 30.4 Å². The van der Waals surface area contributed by atoms with E-state index < -0.39 is 5.91 Å². The van der Waals surface area contributed by atoms with Crippen LogP contribution in [0, 0.1) is 0 Å². The summed E-state index contributed by atoms with van der Waals surface area (Å²) < 4.78 is 11.6. The SMILES string of the molecule is NC(=O)c1ncc(N[C@@H]2CCCC[C@H]2N)cc1Nc1cnsc1-c1csc2c(=O)cc(N3CCOCC3)sc12. The molecule has 0 bridgehead atoms. The molecule has 6 rings (SSSR count). The second-order valence-electron chi connectivity index (χ2n) is 9.73. The minimum atomic E-state index is -0.627. The van der Waals surface area contributed by atoms with Gasteiger partial charge in [-0.2, -0.15) is 4.37 Å². The first-order valence-electron chi connectivity index (χ1n) is 12.9. The molecule has 2 fully saturated rings. The first-order valence-corrected chi connectivity index (χ1v) is 15.4. The van der Waals surface area contributed by atoms with Crippen molar-refractivity contribution in [2.75, 3.05) is 41.8 Å². The number of anilines is 4. The number of pyridine rings is 1. The van der Waals surface area contributed by atoms with E-state index in [0.29, 0.717) is 24.6 Å². The number of nitrogens with one attached hydrogen (secondary N) is 2. The Kier molecular flexibility index (Phi) is 7.49. The number of carbonyl (C=O) groups is 1. The van der Waals surface area contributed by atoms with Crippen LogP contribution in [0.3, 0.4) is 0 Å². The van der Waals surface area contributed by atoms with E-state index in [0.717, 1.165) is 69.3 Å². The van der Waals surface area contributed by atoms with Gasteiger partial charge in [-0.25, -0.2) is 4.98 Å². The summed E-state index contributed by atoms with van der Waals surface area (Å²) in [6, 6.07) is 3.79. The number of morpholine rings is 1. The van der Waals surface area contributed by atoms with Crippen LogP contribution in [-0.2, 0) is 4.74 Å². The van der Waals surface area contributed by atoms with Crippen molar-refractivity contribution >= 4 is 71.6 Å². The van der Waals surface area contributed by atoms with Crippen molar-refractivity contribution in [2.45, 2.75) is 37.8 Å². The summed E-state index contributed by atoms with van der Waals surface area (Å²) in [6.45, 7) is 2.81. The zero-order valence-corrected chi connectivity index (χ0v) is 23.6. The fourth-order valence-corrected chi connectivity index (χ4v) is 8.31. The summed E-state index contributed by atoms with van der Waals surface area (Å²) in [4.78, 5) is 32.7. The van der Waals surface area contributed by atoms with Crippen LogP contribution >= 0.6 is 34.2 Å². The quantitative estimate of drug-likeness (QED) is 0.251. The molecule has 1 amide bonds. The summed E-state index contributed by atoms with van der Waals surface area (Å²) in [5.41, 5.74) is 15.1. The predicted octanol–water partition coefficient (Wildman–Crippen LogP) is 4.20. The fraction of sp³-hybridized carbons (Fsp3) is 0.385. The molecular weight excluding hydrogens is 555 g/mol. The Labute approximate surface area is 237 Å². The molecule has 0 unspecified atom stereocenters. The summed E-state index contributed by atoms with van der Waals surface area (Å²) in [5, 5.41) is 9.78. The van der Waals surface area contributed by atoms with Crippen LogP contribution in [0.15, 0.2) is 34.7 Å². The van der Waals surface area contributed by atoms with Gasteiger partial charge in [-0.3, -0.25) is 9.59 Å². The predicted molar refractivity (Wildman–Crippen MR) is 160 cm³/mol. The van der Waals surface area contributed by atoms with Crippen molar-refractivity contribution in [2.24, 2.45) is 11.5 Å². The molecule has 1 saturated heterocycles. The van der Waals surface area contributed by atoms with Crippen LogP contribution in [0.1, 0.15) is 36.2 Å². The van der Waals surface area contributed by atoms with Crippen molar-refractivity contribution < 1.29 is 9.53 Å². The van der Waals surface area contributed by atoms with E-state index in [4.69, 9.17) is 16.2 Å². The lowest BCUT2D eigenvalue weighted by Gasteiger charge is -2.30. The number of carbonyl (C=O) groups excluding carboxylic acids is 1. The Morgan fingerprint density at radius 3 is 2.72 bits per heavy atom. The van der Waals surface area contributed by atoms with E-state index in [2.05, 4.69) is 24.9 Å². The van der Waals surface area contributed by atoms with E-state index in [1.807, 2.05) is 11.4 Å². The molecule has 204 valence electrons. The first-order chi connectivity index (χ1) is 19.0. The van der Waals surface area contributed by atoms with Gasteiger partial charge in [-0.1, -0.05) is 12.8 Å². The van der Waals surface area contributed by atoms with E-state index in [1.165, 1.54) is 22.9 Å². The standard InChI is InChI=1S/C26H29N7O3S3/c27-16-3-1-2-4-17(16)31-14-9-18(22(26(28)35)29-11-14)32-19-12-30-39-23(19)15-13-37-25-20(34)10-21(38-24(15)25)33-5-7-36-8-6-33/h9-13,16-17,31-32H,1-8,27H2,(H2,28,35)/t16-,17-/m1/s1. The number of aromatic nitrogens is 2. The molecule has 13 heteroatoms. The molecule has 0 radical (unpaired) electrons. The Hall–Kier alpha value is -3.10. The van der Waals surface area contributed by atoms with E-state index in [9.17, 15) is 9.59 Å². The normalized spacial score (nSPS) is 19.8. The van der Waals surface area contributed by atoms with Crippen LogP contribution in [-0.4, -0.2) is 53.7 Å². The summed E-state index contributed by atoms with van der Waals surface area (Å²) in [6.07, 6.45) is 7.57. The van der Waals surface area contributed by atoms with E-state index in [1.54, 1.807) is 29.8 Å². The maximum atomic E-state index is 13.0. The van der Waals surface area contributed by atoms with Crippen molar-refractivity contribution in [1.82, 2.24) is 9.36 Å². The number of rotatable bonds is 7. The molecule has 6 N–H and O–H groups in total. The van der Waals surface area contributed by atoms with E-state index >= 15 is 0 Å². The summed E-state index contributed by atoms with van der Waals surface area (Å²) in [7, 11) is 0. The number of thiophene rings is 1. The second kappa shape index (κ2) is 11.2. The van der Waals surface area contributed by atoms with Crippen LogP contribution in [0.5, 0.6) is 0 Å². The number of hydrogen-bond acceptors (Lipinski definition) is 12. The van der Waals surface area contributed by atoms with Gasteiger partial charge in [0.2, 0.25) is 0 Å². The second-order valence-corrected chi connectivity index (χ2v) is 12.4. The van der Waals surface area contributed by atoms with Gasteiger partial charge >= 0.3 is 0 Å². The zero-order chi connectivity index (χ0) is 26.9. The molecule has 1 aliphatic heterocycles. The fourth-order valence-electron chi connectivity index (χ4n) is 5.08. The minimum Gasteiger partial charge on any atom is -0.379 e. The van der Waals surface area contributed by atoms with Crippen molar-refractivity contribution in [1.29, 1.82) is 0 Å². The Morgan fingerprint density at radius 1 is 1.10 bits per heavy atom. The van der Waals surface area contributed by atoms with Gasteiger partial charge < -0.3 is 31.7 Å². The van der Waals surface area contributed by atoms with Crippen molar-refractivity contribution in [3.05, 3.63) is 45.8 Å². The lowest BCUT2D eigenvalue weighted by atomic mass is 9.91. The van der Waals surface area contributed by atoms with Gasteiger partial charge in [0, 0.05) is 42.2 Å². The molecule has 4 aromatic rings. The van der Waals surface area contributed by atoms with Gasteiger partial charge in [0.05, 0.1) is 61.9 Å². The molecule has 10 nitrogen and oxygen atoms in total. The highest BCUT2D eigenvalue weighted by Crippen LogP contribution is 2.43. The number of hydrogen-bond donors (Lipinski definition) is 4. The molecule has 1 aliphatic carbocycles. The maximum Gasteiger partial charge on any atom is 0.269 e. The highest BCUT2D eigenvalue weighted by Gasteiger charge is 2.24. The molecule has 2 atom stereocenters. The van der Waals surface area contributed by atoms with Crippen molar-refractivity contribution in [3.63, 3.8) is 0 Å². The highest BCUT2D eigenvalue weighted by atomic mass is 32.1. The van der Waals surface area contributed by atoms with Gasteiger partial charge in [0.1, 0.15) is 0 Å². The first kappa shape index (κ1) is 26.1. The molecule has 39 heavy (non-hydrogen) atoms.